The molecule has 0 radical (unpaired) electrons. The Morgan fingerprint density at radius 1 is 1.13 bits per heavy atom. The zero-order valence-corrected chi connectivity index (χ0v) is 20.7. The minimum absolute atomic E-state index is 0.0492. The Balaban J connectivity index is 1.42. The second kappa shape index (κ2) is 9.62. The fraction of sp³-hybridized carbons (Fsp3) is 0.320. The van der Waals surface area contributed by atoms with Gasteiger partial charge in [0.2, 0.25) is 5.88 Å². The van der Waals surface area contributed by atoms with Crippen LogP contribution in [-0.2, 0) is 4.74 Å². The third-order valence-electron chi connectivity index (χ3n) is 6.85. The van der Waals surface area contributed by atoms with E-state index in [0.717, 1.165) is 6.07 Å². The number of rotatable bonds is 6. The van der Waals surface area contributed by atoms with Crippen molar-refractivity contribution in [2.45, 2.75) is 18.6 Å². The third-order valence-corrected chi connectivity index (χ3v) is 6.85. The van der Waals surface area contributed by atoms with Crippen LogP contribution >= 0.6 is 0 Å². The molecule has 0 aliphatic carbocycles. The molecule has 202 valence electrons. The van der Waals surface area contributed by atoms with Crippen molar-refractivity contribution in [3.63, 3.8) is 0 Å². The van der Waals surface area contributed by atoms with Crippen LogP contribution in [0.1, 0.15) is 22.8 Å². The van der Waals surface area contributed by atoms with E-state index in [-0.39, 0.29) is 40.4 Å². The van der Waals surface area contributed by atoms with Crippen molar-refractivity contribution in [1.29, 1.82) is 0 Å². The molecular weight excluding hydrogens is 516 g/mol. The van der Waals surface area contributed by atoms with Gasteiger partial charge in [0.1, 0.15) is 6.10 Å². The SMILES string of the molecule is CNC(=O)c1cc(F)c(F)c(-c2cnn3cc(-c4cnn(C5CN(C(=O)O)C5)c4)c(OC4CCOC4)nc23)c1. The number of hydrogen-bond donors (Lipinski definition) is 2. The first-order valence-corrected chi connectivity index (χ1v) is 12.2. The molecular formula is C25H23F2N7O5. The third kappa shape index (κ3) is 4.41. The van der Waals surface area contributed by atoms with E-state index in [1.54, 1.807) is 23.3 Å². The molecule has 2 aliphatic rings. The number of hydrogen-bond acceptors (Lipinski definition) is 7. The predicted molar refractivity (Wildman–Crippen MR) is 131 cm³/mol. The molecule has 2 N–H and O–H groups in total. The molecule has 6 rings (SSSR count). The van der Waals surface area contributed by atoms with Crippen LogP contribution in [0.2, 0.25) is 0 Å². The van der Waals surface area contributed by atoms with E-state index in [1.807, 2.05) is 0 Å². The van der Waals surface area contributed by atoms with Crippen LogP contribution in [0.15, 0.2) is 36.9 Å². The summed E-state index contributed by atoms with van der Waals surface area (Å²) in [5.74, 6) is -2.65. The summed E-state index contributed by atoms with van der Waals surface area (Å²) < 4.78 is 44.1. The van der Waals surface area contributed by atoms with Crippen molar-refractivity contribution in [2.75, 3.05) is 33.4 Å². The van der Waals surface area contributed by atoms with Crippen molar-refractivity contribution >= 4 is 17.6 Å². The van der Waals surface area contributed by atoms with Crippen molar-refractivity contribution in [3.8, 4) is 28.1 Å². The molecule has 0 saturated carbocycles. The van der Waals surface area contributed by atoms with E-state index >= 15 is 0 Å². The van der Waals surface area contributed by atoms with Gasteiger partial charge in [-0.05, 0) is 12.1 Å². The molecule has 2 amide bonds. The largest absolute Gasteiger partial charge is 0.471 e. The fourth-order valence-corrected chi connectivity index (χ4v) is 4.65. The van der Waals surface area contributed by atoms with Crippen LogP contribution in [0.25, 0.3) is 27.9 Å². The number of carbonyl (C=O) groups excluding carboxylic acids is 1. The number of ether oxygens (including phenoxy) is 2. The Morgan fingerprint density at radius 3 is 2.67 bits per heavy atom. The summed E-state index contributed by atoms with van der Waals surface area (Å²) in [6.07, 6.45) is 5.81. The van der Waals surface area contributed by atoms with Gasteiger partial charge >= 0.3 is 6.09 Å². The lowest BCUT2D eigenvalue weighted by Crippen LogP contribution is -2.50. The number of amides is 2. The number of nitrogens with zero attached hydrogens (tertiary/aromatic N) is 6. The van der Waals surface area contributed by atoms with Crippen LogP contribution in [0, 0.1) is 11.6 Å². The van der Waals surface area contributed by atoms with Crippen LogP contribution in [-0.4, -0.2) is 85.8 Å². The number of carboxylic acid groups (broad SMARTS) is 1. The monoisotopic (exact) mass is 539 g/mol. The van der Waals surface area contributed by atoms with Crippen LogP contribution in [0.5, 0.6) is 5.88 Å². The Hall–Kier alpha value is -4.59. The topological polar surface area (TPSA) is 136 Å². The average Bonchev–Trinajstić information content (AvgIpc) is 3.65. The minimum atomic E-state index is -1.17. The van der Waals surface area contributed by atoms with E-state index in [1.165, 1.54) is 28.7 Å². The number of carbonyl (C=O) groups is 2. The summed E-state index contributed by atoms with van der Waals surface area (Å²) in [4.78, 5) is 29.2. The van der Waals surface area contributed by atoms with Crippen LogP contribution < -0.4 is 10.1 Å². The first kappa shape index (κ1) is 24.7. The van der Waals surface area contributed by atoms with Gasteiger partial charge in [0.15, 0.2) is 17.3 Å². The molecule has 0 bridgehead atoms. The number of aromatic nitrogens is 5. The van der Waals surface area contributed by atoms with E-state index in [0.29, 0.717) is 43.9 Å². The van der Waals surface area contributed by atoms with Crippen molar-refractivity contribution < 1.29 is 33.0 Å². The molecule has 2 saturated heterocycles. The maximum atomic E-state index is 14.9. The number of nitrogens with one attached hydrogen (secondary N) is 1. The Labute approximate surface area is 219 Å². The molecule has 3 aromatic heterocycles. The maximum Gasteiger partial charge on any atom is 0.407 e. The average molecular weight is 539 g/mol. The maximum absolute atomic E-state index is 14.9. The molecule has 2 fully saturated rings. The summed E-state index contributed by atoms with van der Waals surface area (Å²) in [5, 5.41) is 20.2. The van der Waals surface area contributed by atoms with Crippen molar-refractivity contribution in [3.05, 3.63) is 54.1 Å². The highest BCUT2D eigenvalue weighted by Gasteiger charge is 2.33. The first-order valence-electron chi connectivity index (χ1n) is 12.2. The zero-order valence-electron chi connectivity index (χ0n) is 20.7. The van der Waals surface area contributed by atoms with Gasteiger partial charge in [0.05, 0.1) is 37.2 Å². The number of likely N-dealkylation sites (tertiary alicyclic amines) is 1. The number of halogens is 2. The summed E-state index contributed by atoms with van der Waals surface area (Å²) in [6, 6.07) is 1.98. The lowest BCUT2D eigenvalue weighted by molar-refractivity contribution is 0.0812. The molecule has 39 heavy (non-hydrogen) atoms. The Bertz CT molecular complexity index is 1590. The molecule has 0 spiro atoms. The fourth-order valence-electron chi connectivity index (χ4n) is 4.65. The van der Waals surface area contributed by atoms with E-state index in [9.17, 15) is 18.4 Å². The van der Waals surface area contributed by atoms with Gasteiger partial charge in [-0.25, -0.2) is 18.1 Å². The first-order chi connectivity index (χ1) is 18.8. The highest BCUT2D eigenvalue weighted by atomic mass is 19.2. The molecule has 14 heteroatoms. The van der Waals surface area contributed by atoms with Gasteiger partial charge < -0.3 is 24.8 Å². The Morgan fingerprint density at radius 2 is 1.95 bits per heavy atom. The molecule has 2 aliphatic heterocycles. The summed E-state index contributed by atoms with van der Waals surface area (Å²) in [5.41, 5.74) is 1.36. The standard InChI is InChI=1S/C25H23F2N7O5/c1-28-23(35)13-4-17(21(27)20(26)5-13)18-7-30-34-11-19(24(31-22(18)34)39-16-2-3-38-12-16)14-6-29-33(8-14)15-9-32(10-15)25(36)37/h4-8,11,15-16H,2-3,9-10,12H2,1H3,(H,28,35)(H,36,37). The van der Waals surface area contributed by atoms with E-state index < -0.39 is 23.6 Å². The van der Waals surface area contributed by atoms with Crippen LogP contribution in [0.4, 0.5) is 13.6 Å². The second-order valence-corrected chi connectivity index (χ2v) is 9.34. The number of benzene rings is 1. The smallest absolute Gasteiger partial charge is 0.407 e. The Kier molecular flexibility index (Phi) is 6.10. The van der Waals surface area contributed by atoms with Gasteiger partial charge in [-0.1, -0.05) is 0 Å². The van der Waals surface area contributed by atoms with Gasteiger partial charge in [-0.2, -0.15) is 15.2 Å². The lowest BCUT2D eigenvalue weighted by Gasteiger charge is -2.36. The van der Waals surface area contributed by atoms with Gasteiger partial charge in [0, 0.05) is 61.2 Å². The lowest BCUT2D eigenvalue weighted by atomic mass is 10.0. The normalized spacial score (nSPS) is 17.4. The predicted octanol–water partition coefficient (Wildman–Crippen LogP) is 2.60. The van der Waals surface area contributed by atoms with Crippen molar-refractivity contribution in [1.82, 2.24) is 34.6 Å². The minimum Gasteiger partial charge on any atom is -0.471 e. The van der Waals surface area contributed by atoms with Gasteiger partial charge in [-0.15, -0.1) is 0 Å². The molecule has 1 atom stereocenters. The summed E-state index contributed by atoms with van der Waals surface area (Å²) in [7, 11) is 1.40. The number of fused-ring (bicyclic) bond motifs is 1. The van der Waals surface area contributed by atoms with Gasteiger partial charge in [0.25, 0.3) is 5.91 Å². The second-order valence-electron chi connectivity index (χ2n) is 9.34. The molecule has 1 aromatic carbocycles. The summed E-state index contributed by atoms with van der Waals surface area (Å²) in [6.45, 7) is 1.57. The molecule has 4 aromatic rings. The molecule has 5 heterocycles. The van der Waals surface area contributed by atoms with Crippen LogP contribution in [0.3, 0.4) is 0 Å². The summed E-state index contributed by atoms with van der Waals surface area (Å²) >= 11 is 0. The highest BCUT2D eigenvalue weighted by molar-refractivity contribution is 5.96. The van der Waals surface area contributed by atoms with E-state index in [2.05, 4.69) is 20.5 Å². The molecule has 1 unspecified atom stereocenters. The zero-order chi connectivity index (χ0) is 27.3. The van der Waals surface area contributed by atoms with E-state index in [4.69, 9.17) is 14.6 Å². The molecule has 12 nitrogen and oxygen atoms in total. The highest BCUT2D eigenvalue weighted by Crippen LogP contribution is 2.35. The van der Waals surface area contributed by atoms with Crippen molar-refractivity contribution in [2.24, 2.45) is 0 Å². The van der Waals surface area contributed by atoms with Gasteiger partial charge in [-0.3, -0.25) is 9.48 Å². The quantitative estimate of drug-likeness (QED) is 0.382.